The number of anilines is 1. The average molecular weight is 250 g/mol. The number of halogens is 1. The van der Waals surface area contributed by atoms with Gasteiger partial charge >= 0.3 is 0 Å². The zero-order chi connectivity index (χ0) is 12.3. The van der Waals surface area contributed by atoms with Crippen molar-refractivity contribution in [2.45, 2.75) is 26.4 Å². The van der Waals surface area contributed by atoms with E-state index in [1.807, 2.05) is 36.8 Å². The monoisotopic (exact) mass is 249 g/mol. The molecule has 0 aliphatic carbocycles. The lowest BCUT2D eigenvalue weighted by Gasteiger charge is -2.13. The van der Waals surface area contributed by atoms with Crippen LogP contribution in [0.15, 0.2) is 36.8 Å². The van der Waals surface area contributed by atoms with E-state index in [0.717, 1.165) is 17.3 Å². The zero-order valence-corrected chi connectivity index (χ0v) is 10.8. The summed E-state index contributed by atoms with van der Waals surface area (Å²) in [4.78, 5) is 4.17. The van der Waals surface area contributed by atoms with Crippen LogP contribution < -0.4 is 5.32 Å². The zero-order valence-electron chi connectivity index (χ0n) is 10.0. The van der Waals surface area contributed by atoms with Crippen molar-refractivity contribution < 1.29 is 0 Å². The first-order valence-corrected chi connectivity index (χ1v) is 6.05. The van der Waals surface area contributed by atoms with Gasteiger partial charge in [0.1, 0.15) is 0 Å². The van der Waals surface area contributed by atoms with Crippen molar-refractivity contribution in [3.63, 3.8) is 0 Å². The summed E-state index contributed by atoms with van der Waals surface area (Å²) >= 11 is 5.93. The first-order valence-electron chi connectivity index (χ1n) is 5.67. The molecule has 2 aromatic rings. The summed E-state index contributed by atoms with van der Waals surface area (Å²) in [5.74, 6) is 0. The van der Waals surface area contributed by atoms with Crippen molar-refractivity contribution in [1.29, 1.82) is 0 Å². The van der Waals surface area contributed by atoms with Gasteiger partial charge in [-0.25, -0.2) is 4.98 Å². The minimum Gasteiger partial charge on any atom is -0.379 e. The van der Waals surface area contributed by atoms with Crippen molar-refractivity contribution in [3.05, 3.63) is 47.5 Å². The molecule has 1 N–H and O–H groups in total. The maximum atomic E-state index is 5.93. The predicted octanol–water partition coefficient (Wildman–Crippen LogP) is 3.73. The highest BCUT2D eigenvalue weighted by Crippen LogP contribution is 2.16. The van der Waals surface area contributed by atoms with E-state index >= 15 is 0 Å². The quantitative estimate of drug-likeness (QED) is 0.895. The van der Waals surface area contributed by atoms with Gasteiger partial charge in [-0.2, -0.15) is 0 Å². The van der Waals surface area contributed by atoms with Crippen LogP contribution in [0.25, 0.3) is 0 Å². The van der Waals surface area contributed by atoms with Gasteiger partial charge in [-0.05, 0) is 32.0 Å². The number of imidazole rings is 1. The molecule has 1 heterocycles. The molecule has 0 amide bonds. The van der Waals surface area contributed by atoms with E-state index in [0.29, 0.717) is 6.04 Å². The van der Waals surface area contributed by atoms with E-state index < -0.39 is 0 Å². The van der Waals surface area contributed by atoms with Gasteiger partial charge in [0.2, 0.25) is 0 Å². The van der Waals surface area contributed by atoms with Crippen molar-refractivity contribution in [1.82, 2.24) is 9.55 Å². The van der Waals surface area contributed by atoms with Gasteiger partial charge in [-0.3, -0.25) is 0 Å². The Kier molecular flexibility index (Phi) is 3.69. The van der Waals surface area contributed by atoms with Crippen molar-refractivity contribution in [2.24, 2.45) is 0 Å². The molecule has 17 heavy (non-hydrogen) atoms. The maximum Gasteiger partial charge on any atom is 0.0951 e. The minimum absolute atomic E-state index is 0.425. The fourth-order valence-electron chi connectivity index (χ4n) is 1.72. The van der Waals surface area contributed by atoms with Crippen molar-refractivity contribution in [2.75, 3.05) is 5.32 Å². The van der Waals surface area contributed by atoms with E-state index in [2.05, 4.69) is 28.7 Å². The number of benzene rings is 1. The lowest BCUT2D eigenvalue weighted by atomic mass is 10.3. The van der Waals surface area contributed by atoms with E-state index in [4.69, 9.17) is 11.6 Å². The van der Waals surface area contributed by atoms with Crippen LogP contribution >= 0.6 is 11.6 Å². The number of hydrogen-bond acceptors (Lipinski definition) is 2. The second-order valence-electron chi connectivity index (χ2n) is 4.25. The van der Waals surface area contributed by atoms with Crippen LogP contribution in [-0.4, -0.2) is 9.55 Å². The fraction of sp³-hybridized carbons (Fsp3) is 0.308. The molecule has 0 fully saturated rings. The Balaban J connectivity index is 2.05. The molecule has 0 unspecified atom stereocenters. The van der Waals surface area contributed by atoms with Gasteiger partial charge < -0.3 is 9.88 Å². The molecule has 0 aliphatic rings. The average Bonchev–Trinajstić information content (AvgIpc) is 2.74. The number of nitrogens with zero attached hydrogens (tertiary/aromatic N) is 2. The SMILES string of the molecule is CC(C)n1cncc1CNc1cccc(Cl)c1. The summed E-state index contributed by atoms with van der Waals surface area (Å²) in [5.41, 5.74) is 2.19. The van der Waals surface area contributed by atoms with Crippen molar-refractivity contribution in [3.8, 4) is 0 Å². The topological polar surface area (TPSA) is 29.9 Å². The van der Waals surface area contributed by atoms with E-state index in [1.54, 1.807) is 0 Å². The number of aromatic nitrogens is 2. The largest absolute Gasteiger partial charge is 0.379 e. The molecule has 90 valence electrons. The smallest absolute Gasteiger partial charge is 0.0951 e. The van der Waals surface area contributed by atoms with Crippen LogP contribution in [0.2, 0.25) is 5.02 Å². The highest BCUT2D eigenvalue weighted by atomic mass is 35.5. The molecule has 3 nitrogen and oxygen atoms in total. The molecule has 0 bridgehead atoms. The lowest BCUT2D eigenvalue weighted by Crippen LogP contribution is -2.08. The fourth-order valence-corrected chi connectivity index (χ4v) is 1.92. The molecule has 4 heteroatoms. The Labute approximate surface area is 106 Å². The molecular weight excluding hydrogens is 234 g/mol. The molecule has 0 radical (unpaired) electrons. The number of hydrogen-bond donors (Lipinski definition) is 1. The Bertz CT molecular complexity index is 491. The van der Waals surface area contributed by atoms with Crippen LogP contribution in [0.1, 0.15) is 25.6 Å². The third kappa shape index (κ3) is 3.01. The normalized spacial score (nSPS) is 10.8. The Morgan fingerprint density at radius 2 is 2.24 bits per heavy atom. The molecule has 0 saturated heterocycles. The molecule has 1 aromatic carbocycles. The predicted molar refractivity (Wildman–Crippen MR) is 71.4 cm³/mol. The molecule has 0 atom stereocenters. The van der Waals surface area contributed by atoms with Crippen molar-refractivity contribution >= 4 is 17.3 Å². The number of nitrogens with one attached hydrogen (secondary N) is 1. The van der Waals surface area contributed by atoms with Gasteiger partial charge in [-0.15, -0.1) is 0 Å². The van der Waals surface area contributed by atoms with E-state index in [9.17, 15) is 0 Å². The molecule has 1 aromatic heterocycles. The molecule has 0 saturated carbocycles. The highest BCUT2D eigenvalue weighted by molar-refractivity contribution is 6.30. The summed E-state index contributed by atoms with van der Waals surface area (Å²) in [6.07, 6.45) is 3.75. The third-order valence-corrected chi connectivity index (χ3v) is 2.84. The van der Waals surface area contributed by atoms with Gasteiger partial charge in [0.15, 0.2) is 0 Å². The Morgan fingerprint density at radius 1 is 1.41 bits per heavy atom. The van der Waals surface area contributed by atoms with Gasteiger partial charge in [-0.1, -0.05) is 17.7 Å². The summed E-state index contributed by atoms with van der Waals surface area (Å²) in [6.45, 7) is 5.04. The first kappa shape index (κ1) is 12.0. The number of rotatable bonds is 4. The summed E-state index contributed by atoms with van der Waals surface area (Å²) in [6, 6.07) is 8.14. The second-order valence-corrected chi connectivity index (χ2v) is 4.69. The van der Waals surface area contributed by atoms with Gasteiger partial charge in [0, 0.05) is 22.9 Å². The Morgan fingerprint density at radius 3 is 2.94 bits per heavy atom. The first-order chi connectivity index (χ1) is 8.16. The van der Waals surface area contributed by atoms with Crippen LogP contribution in [0.3, 0.4) is 0 Å². The lowest BCUT2D eigenvalue weighted by molar-refractivity contribution is 0.577. The minimum atomic E-state index is 0.425. The molecule has 0 spiro atoms. The van der Waals surface area contributed by atoms with Crippen LogP contribution in [0.5, 0.6) is 0 Å². The molecule has 0 aliphatic heterocycles. The van der Waals surface area contributed by atoms with Gasteiger partial charge in [0.05, 0.1) is 18.6 Å². The molecule has 2 rings (SSSR count). The maximum absolute atomic E-state index is 5.93. The standard InChI is InChI=1S/C13H16ClN3/c1-10(2)17-9-15-7-13(17)8-16-12-5-3-4-11(14)6-12/h3-7,9-10,16H,8H2,1-2H3. The second kappa shape index (κ2) is 5.23. The van der Waals surface area contributed by atoms with E-state index in [-0.39, 0.29) is 0 Å². The van der Waals surface area contributed by atoms with Crippen LogP contribution in [-0.2, 0) is 6.54 Å². The van der Waals surface area contributed by atoms with E-state index in [1.165, 1.54) is 5.69 Å². The highest BCUT2D eigenvalue weighted by Gasteiger charge is 2.04. The van der Waals surface area contributed by atoms with Crippen LogP contribution in [0, 0.1) is 0 Å². The summed E-state index contributed by atoms with van der Waals surface area (Å²) < 4.78 is 2.15. The summed E-state index contributed by atoms with van der Waals surface area (Å²) in [7, 11) is 0. The Hall–Kier alpha value is -1.48. The summed E-state index contributed by atoms with van der Waals surface area (Å²) in [5, 5.41) is 4.08. The van der Waals surface area contributed by atoms with Crippen LogP contribution in [0.4, 0.5) is 5.69 Å². The third-order valence-electron chi connectivity index (χ3n) is 2.60. The molecular formula is C13H16ClN3. The van der Waals surface area contributed by atoms with Gasteiger partial charge in [0.25, 0.3) is 0 Å².